The monoisotopic (exact) mass is 197 g/mol. The molecule has 3 N–H and O–H groups in total. The fraction of sp³-hybridized carbons (Fsp3) is 0.833. The van der Waals surface area contributed by atoms with Crippen molar-refractivity contribution in [1.29, 1.82) is 0 Å². The van der Waals surface area contributed by atoms with Crippen LogP contribution in [0.1, 0.15) is 13.8 Å². The molecule has 0 unspecified atom stereocenters. The van der Waals surface area contributed by atoms with Crippen molar-refractivity contribution in [3.63, 3.8) is 0 Å². The van der Waals surface area contributed by atoms with Gasteiger partial charge in [0.25, 0.3) is 0 Å². The number of carbonyl (C=O) groups excluding carboxylic acids is 1. The minimum atomic E-state index is -0.402. The van der Waals surface area contributed by atoms with Crippen LogP contribution in [0.25, 0.3) is 0 Å². The van der Waals surface area contributed by atoms with Gasteiger partial charge in [0, 0.05) is 31.6 Å². The van der Waals surface area contributed by atoms with E-state index in [1.807, 2.05) is 0 Å². The molecule has 4 nitrogen and oxygen atoms in total. The molecule has 0 spiro atoms. The molecular weight excluding hydrogens is 183 g/mol. The largest absolute Gasteiger partial charge is 0.447 e. The smallest absolute Gasteiger partial charge is 0.407 e. The fourth-order valence-electron chi connectivity index (χ4n) is 0.430. The Bertz CT molecular complexity index is 109. The summed E-state index contributed by atoms with van der Waals surface area (Å²) in [6.07, 6.45) is -0.474. The van der Waals surface area contributed by atoms with Gasteiger partial charge in [0.2, 0.25) is 0 Å². The Morgan fingerprint density at radius 3 is 2.55 bits per heavy atom. The van der Waals surface area contributed by atoms with E-state index in [0.29, 0.717) is 13.1 Å². The number of ether oxygens (including phenoxy) is 1. The molecule has 0 aliphatic carbocycles. The van der Waals surface area contributed by atoms with Crippen LogP contribution < -0.4 is 11.1 Å². The van der Waals surface area contributed by atoms with Crippen molar-refractivity contribution in [2.24, 2.45) is 5.73 Å². The summed E-state index contributed by atoms with van der Waals surface area (Å²) in [5, 5.41) is 2.48. The molecule has 1 amide bonds. The van der Waals surface area contributed by atoms with E-state index in [-0.39, 0.29) is 24.7 Å². The molecule has 0 aromatic heterocycles. The minimum absolute atomic E-state index is 0. The number of rotatable bonds is 3. The molecule has 0 aromatic rings. The summed E-state index contributed by atoms with van der Waals surface area (Å²) < 4.78 is 4.75. The fourth-order valence-corrected chi connectivity index (χ4v) is 0.430. The minimum Gasteiger partial charge on any atom is -0.447 e. The van der Waals surface area contributed by atoms with Gasteiger partial charge < -0.3 is 15.8 Å². The SMILES string of the molecule is CC(C)OC(=O)NCCN.[V]. The molecule has 0 aliphatic rings. The van der Waals surface area contributed by atoms with Gasteiger partial charge in [-0.15, -0.1) is 0 Å². The molecule has 5 heteroatoms. The van der Waals surface area contributed by atoms with Gasteiger partial charge in [-0.2, -0.15) is 0 Å². The first kappa shape index (κ1) is 13.4. The summed E-state index contributed by atoms with van der Waals surface area (Å²) in [5.41, 5.74) is 5.14. The number of nitrogens with two attached hydrogens (primary N) is 1. The zero-order valence-electron chi connectivity index (χ0n) is 6.83. The Hall–Kier alpha value is -0.186. The molecule has 0 atom stereocenters. The van der Waals surface area contributed by atoms with Gasteiger partial charge in [0.15, 0.2) is 0 Å². The van der Waals surface area contributed by atoms with Crippen LogP contribution in [-0.2, 0) is 23.3 Å². The number of hydrogen-bond donors (Lipinski definition) is 2. The van der Waals surface area contributed by atoms with Crippen LogP contribution in [0.2, 0.25) is 0 Å². The third-order valence-corrected chi connectivity index (χ3v) is 0.756. The molecular formula is C6H14N2O2V. The predicted molar refractivity (Wildman–Crippen MR) is 38.7 cm³/mol. The summed E-state index contributed by atoms with van der Waals surface area (Å²) in [6, 6.07) is 0. The number of nitrogens with one attached hydrogen (secondary N) is 1. The maximum Gasteiger partial charge on any atom is 0.407 e. The maximum atomic E-state index is 10.6. The molecule has 1 radical (unpaired) electrons. The summed E-state index contributed by atoms with van der Waals surface area (Å²) in [5.74, 6) is 0. The molecule has 0 saturated heterocycles. The van der Waals surface area contributed by atoms with E-state index in [1.165, 1.54) is 0 Å². The second kappa shape index (κ2) is 7.92. The average Bonchev–Trinajstić information content (AvgIpc) is 1.82. The van der Waals surface area contributed by atoms with E-state index in [9.17, 15) is 4.79 Å². The molecule has 65 valence electrons. The van der Waals surface area contributed by atoms with E-state index >= 15 is 0 Å². The molecule has 0 bridgehead atoms. The third-order valence-electron chi connectivity index (χ3n) is 0.756. The quantitative estimate of drug-likeness (QED) is 0.673. The Morgan fingerprint density at radius 1 is 1.64 bits per heavy atom. The van der Waals surface area contributed by atoms with Crippen LogP contribution in [-0.4, -0.2) is 25.3 Å². The van der Waals surface area contributed by atoms with Crippen LogP contribution in [0.15, 0.2) is 0 Å². The van der Waals surface area contributed by atoms with Crippen molar-refractivity contribution in [3.8, 4) is 0 Å². The van der Waals surface area contributed by atoms with Crippen molar-refractivity contribution in [2.75, 3.05) is 13.1 Å². The number of alkyl carbamates (subject to hydrolysis) is 1. The normalized spacial score (nSPS) is 8.73. The van der Waals surface area contributed by atoms with Gasteiger partial charge in [0.05, 0.1) is 6.10 Å². The predicted octanol–water partition coefficient (Wildman–Crippen LogP) is 0.0772. The van der Waals surface area contributed by atoms with Gasteiger partial charge in [-0.3, -0.25) is 0 Å². The summed E-state index contributed by atoms with van der Waals surface area (Å²) in [6.45, 7) is 4.49. The molecule has 11 heavy (non-hydrogen) atoms. The summed E-state index contributed by atoms with van der Waals surface area (Å²) in [7, 11) is 0. The second-order valence-electron chi connectivity index (χ2n) is 2.17. The van der Waals surface area contributed by atoms with Gasteiger partial charge in [-0.1, -0.05) is 0 Å². The van der Waals surface area contributed by atoms with E-state index in [0.717, 1.165) is 0 Å². The first-order valence-electron chi connectivity index (χ1n) is 3.31. The molecule has 0 heterocycles. The molecule has 0 rings (SSSR count). The number of carbonyl (C=O) groups is 1. The Labute approximate surface area is 78.7 Å². The van der Waals surface area contributed by atoms with Gasteiger partial charge in [-0.25, -0.2) is 4.79 Å². The van der Waals surface area contributed by atoms with Crippen LogP contribution in [0.5, 0.6) is 0 Å². The van der Waals surface area contributed by atoms with Crippen molar-refractivity contribution in [3.05, 3.63) is 0 Å². The van der Waals surface area contributed by atoms with E-state index in [1.54, 1.807) is 13.8 Å². The standard InChI is InChI=1S/C6H14N2O2.V/c1-5(2)10-6(9)8-4-3-7;/h5H,3-4,7H2,1-2H3,(H,8,9);. The van der Waals surface area contributed by atoms with Crippen molar-refractivity contribution in [2.45, 2.75) is 20.0 Å². The second-order valence-corrected chi connectivity index (χ2v) is 2.17. The van der Waals surface area contributed by atoms with Gasteiger partial charge in [-0.05, 0) is 13.8 Å². The number of amides is 1. The third kappa shape index (κ3) is 9.81. The first-order valence-corrected chi connectivity index (χ1v) is 3.31. The zero-order valence-corrected chi connectivity index (χ0v) is 8.23. The molecule has 0 aromatic carbocycles. The van der Waals surface area contributed by atoms with Crippen LogP contribution in [0.4, 0.5) is 4.79 Å². The first-order chi connectivity index (χ1) is 4.66. The van der Waals surface area contributed by atoms with Crippen molar-refractivity contribution in [1.82, 2.24) is 5.32 Å². The summed E-state index contributed by atoms with van der Waals surface area (Å²) >= 11 is 0. The average molecular weight is 197 g/mol. The number of hydrogen-bond acceptors (Lipinski definition) is 3. The Morgan fingerprint density at radius 2 is 2.18 bits per heavy atom. The van der Waals surface area contributed by atoms with Crippen molar-refractivity contribution < 1.29 is 28.1 Å². The van der Waals surface area contributed by atoms with Crippen LogP contribution in [0.3, 0.4) is 0 Å². The molecule has 0 saturated carbocycles. The van der Waals surface area contributed by atoms with Crippen molar-refractivity contribution >= 4 is 6.09 Å². The summed E-state index contributed by atoms with van der Waals surface area (Å²) in [4.78, 5) is 10.6. The topological polar surface area (TPSA) is 64.3 Å². The zero-order chi connectivity index (χ0) is 7.98. The molecule has 0 fully saturated rings. The maximum absolute atomic E-state index is 10.6. The molecule has 0 aliphatic heterocycles. The van der Waals surface area contributed by atoms with E-state index in [2.05, 4.69) is 5.32 Å². The van der Waals surface area contributed by atoms with Crippen LogP contribution in [0, 0.1) is 0 Å². The van der Waals surface area contributed by atoms with E-state index < -0.39 is 6.09 Å². The Kier molecular flexibility index (Phi) is 9.65. The Balaban J connectivity index is 0. The van der Waals surface area contributed by atoms with Gasteiger partial charge in [0.1, 0.15) is 0 Å². The van der Waals surface area contributed by atoms with Gasteiger partial charge >= 0.3 is 6.09 Å². The van der Waals surface area contributed by atoms with Crippen LogP contribution >= 0.6 is 0 Å². The van der Waals surface area contributed by atoms with E-state index in [4.69, 9.17) is 10.5 Å².